The standard InChI is InChI=1S/C14H30N4S.HI/c1-6-15-14(16-7-8-19-5)17-13-10-18(11(2)3)9-12(13)4;/h11-13H,6-10H2,1-5H3,(H2,15,16,17);1H. The zero-order valence-corrected chi connectivity index (χ0v) is 16.6. The van der Waals surface area contributed by atoms with Crippen molar-refractivity contribution in [1.82, 2.24) is 15.5 Å². The third-order valence-electron chi connectivity index (χ3n) is 3.60. The van der Waals surface area contributed by atoms with Crippen molar-refractivity contribution in [2.45, 2.75) is 39.8 Å². The Morgan fingerprint density at radius 3 is 2.60 bits per heavy atom. The summed E-state index contributed by atoms with van der Waals surface area (Å²) < 4.78 is 0. The van der Waals surface area contributed by atoms with E-state index in [0.717, 1.165) is 31.3 Å². The molecule has 0 aliphatic carbocycles. The summed E-state index contributed by atoms with van der Waals surface area (Å²) >= 11 is 1.84. The van der Waals surface area contributed by atoms with E-state index in [1.54, 1.807) is 0 Å². The van der Waals surface area contributed by atoms with Crippen molar-refractivity contribution >= 4 is 41.7 Å². The Hall–Kier alpha value is 0.310. The van der Waals surface area contributed by atoms with E-state index >= 15 is 0 Å². The molecule has 0 aromatic rings. The molecule has 20 heavy (non-hydrogen) atoms. The maximum Gasteiger partial charge on any atom is 0.191 e. The molecule has 2 unspecified atom stereocenters. The molecule has 120 valence electrons. The SMILES string of the molecule is CCNC(=NCCSC)NC1CN(C(C)C)CC1C.I. The fraction of sp³-hybridized carbons (Fsp3) is 0.929. The van der Waals surface area contributed by atoms with Crippen molar-refractivity contribution < 1.29 is 0 Å². The zero-order valence-electron chi connectivity index (χ0n) is 13.5. The first-order valence-corrected chi connectivity index (χ1v) is 8.75. The molecule has 0 amide bonds. The molecule has 0 radical (unpaired) electrons. The molecule has 0 bridgehead atoms. The van der Waals surface area contributed by atoms with Crippen LogP contribution in [0, 0.1) is 5.92 Å². The number of rotatable bonds is 6. The Morgan fingerprint density at radius 2 is 2.10 bits per heavy atom. The number of hydrogen-bond acceptors (Lipinski definition) is 3. The average Bonchev–Trinajstić information content (AvgIpc) is 2.72. The third kappa shape index (κ3) is 6.85. The monoisotopic (exact) mass is 414 g/mol. The van der Waals surface area contributed by atoms with Gasteiger partial charge in [0.05, 0.1) is 6.54 Å². The number of aliphatic imine (C=N–C) groups is 1. The van der Waals surface area contributed by atoms with Crippen molar-refractivity contribution in [3.05, 3.63) is 0 Å². The van der Waals surface area contributed by atoms with Crippen LogP contribution in [0.3, 0.4) is 0 Å². The smallest absolute Gasteiger partial charge is 0.191 e. The van der Waals surface area contributed by atoms with Crippen LogP contribution in [-0.4, -0.2) is 61.1 Å². The number of halogens is 1. The van der Waals surface area contributed by atoms with Crippen LogP contribution in [0.2, 0.25) is 0 Å². The lowest BCUT2D eigenvalue weighted by Crippen LogP contribution is -2.47. The number of thioether (sulfide) groups is 1. The minimum atomic E-state index is 0. The molecule has 0 saturated carbocycles. The number of likely N-dealkylation sites (tertiary alicyclic amines) is 1. The Kier molecular flexibility index (Phi) is 11.1. The first kappa shape index (κ1) is 20.3. The molecule has 2 N–H and O–H groups in total. The van der Waals surface area contributed by atoms with Gasteiger partial charge in [0.2, 0.25) is 0 Å². The van der Waals surface area contributed by atoms with E-state index in [1.165, 1.54) is 6.54 Å². The summed E-state index contributed by atoms with van der Waals surface area (Å²) in [5, 5.41) is 6.94. The van der Waals surface area contributed by atoms with E-state index in [2.05, 4.69) is 54.5 Å². The van der Waals surface area contributed by atoms with Gasteiger partial charge in [0.15, 0.2) is 5.96 Å². The number of nitrogens with zero attached hydrogens (tertiary/aromatic N) is 2. The normalized spacial score (nSPS) is 23.8. The Labute approximate surface area is 145 Å². The van der Waals surface area contributed by atoms with Crippen LogP contribution in [0.5, 0.6) is 0 Å². The van der Waals surface area contributed by atoms with Gasteiger partial charge in [0.25, 0.3) is 0 Å². The highest BCUT2D eigenvalue weighted by atomic mass is 127. The summed E-state index contributed by atoms with van der Waals surface area (Å²) in [5.41, 5.74) is 0. The number of nitrogens with one attached hydrogen (secondary N) is 2. The molecule has 0 spiro atoms. The highest BCUT2D eigenvalue weighted by molar-refractivity contribution is 14.0. The van der Waals surface area contributed by atoms with E-state index in [4.69, 9.17) is 0 Å². The van der Waals surface area contributed by atoms with E-state index in [9.17, 15) is 0 Å². The van der Waals surface area contributed by atoms with Crippen LogP contribution in [0.15, 0.2) is 4.99 Å². The molecule has 1 saturated heterocycles. The van der Waals surface area contributed by atoms with Gasteiger partial charge < -0.3 is 10.6 Å². The minimum Gasteiger partial charge on any atom is -0.357 e. The van der Waals surface area contributed by atoms with Gasteiger partial charge in [-0.3, -0.25) is 9.89 Å². The Balaban J connectivity index is 0.00000361. The lowest BCUT2D eigenvalue weighted by Gasteiger charge is -2.21. The van der Waals surface area contributed by atoms with Gasteiger partial charge in [-0.2, -0.15) is 11.8 Å². The Bertz CT molecular complexity index is 286. The lowest BCUT2D eigenvalue weighted by molar-refractivity contribution is 0.265. The summed E-state index contributed by atoms with van der Waals surface area (Å²) in [6.07, 6.45) is 2.12. The predicted molar refractivity (Wildman–Crippen MR) is 103 cm³/mol. The Morgan fingerprint density at radius 1 is 1.40 bits per heavy atom. The van der Waals surface area contributed by atoms with Gasteiger partial charge >= 0.3 is 0 Å². The summed E-state index contributed by atoms with van der Waals surface area (Å²) in [6, 6.07) is 1.14. The van der Waals surface area contributed by atoms with Crippen molar-refractivity contribution in [2.24, 2.45) is 10.9 Å². The first-order valence-electron chi connectivity index (χ1n) is 7.36. The first-order chi connectivity index (χ1) is 9.08. The topological polar surface area (TPSA) is 39.7 Å². The molecule has 1 aliphatic heterocycles. The van der Waals surface area contributed by atoms with Gasteiger partial charge in [-0.1, -0.05) is 6.92 Å². The van der Waals surface area contributed by atoms with Gasteiger partial charge in [0.1, 0.15) is 0 Å². The minimum absolute atomic E-state index is 0. The molecule has 4 nitrogen and oxygen atoms in total. The van der Waals surface area contributed by atoms with E-state index in [1.807, 2.05) is 11.8 Å². The van der Waals surface area contributed by atoms with Crippen LogP contribution in [0.4, 0.5) is 0 Å². The quantitative estimate of drug-likeness (QED) is 0.303. The molecule has 1 rings (SSSR count). The van der Waals surface area contributed by atoms with E-state index in [-0.39, 0.29) is 24.0 Å². The maximum absolute atomic E-state index is 4.63. The van der Waals surface area contributed by atoms with Gasteiger partial charge in [-0.15, -0.1) is 24.0 Å². The third-order valence-corrected chi connectivity index (χ3v) is 4.19. The van der Waals surface area contributed by atoms with Crippen LogP contribution in [-0.2, 0) is 0 Å². The molecule has 0 aromatic carbocycles. The molecule has 0 aromatic heterocycles. The summed E-state index contributed by atoms with van der Waals surface area (Å²) in [4.78, 5) is 7.16. The number of guanidine groups is 1. The fourth-order valence-corrected chi connectivity index (χ4v) is 2.63. The van der Waals surface area contributed by atoms with Gasteiger partial charge in [0, 0.05) is 37.5 Å². The molecule has 1 aliphatic rings. The molecular formula is C14H31IN4S. The van der Waals surface area contributed by atoms with Crippen LogP contribution in [0.1, 0.15) is 27.7 Å². The second-order valence-electron chi connectivity index (χ2n) is 5.53. The van der Waals surface area contributed by atoms with E-state index < -0.39 is 0 Å². The molecular weight excluding hydrogens is 383 g/mol. The van der Waals surface area contributed by atoms with Gasteiger partial charge in [-0.25, -0.2) is 0 Å². The molecule has 1 fully saturated rings. The van der Waals surface area contributed by atoms with Crippen LogP contribution >= 0.6 is 35.7 Å². The van der Waals surface area contributed by atoms with Gasteiger partial charge in [-0.05, 0) is 32.9 Å². The van der Waals surface area contributed by atoms with Crippen molar-refractivity contribution in [1.29, 1.82) is 0 Å². The summed E-state index contributed by atoms with van der Waals surface area (Å²) in [5.74, 6) is 2.72. The lowest BCUT2D eigenvalue weighted by atomic mass is 10.1. The molecule has 6 heteroatoms. The van der Waals surface area contributed by atoms with Crippen molar-refractivity contribution in [3.63, 3.8) is 0 Å². The second-order valence-corrected chi connectivity index (χ2v) is 6.51. The average molecular weight is 414 g/mol. The molecule has 2 atom stereocenters. The summed E-state index contributed by atoms with van der Waals surface area (Å²) in [6.45, 7) is 13.1. The zero-order chi connectivity index (χ0) is 14.3. The van der Waals surface area contributed by atoms with Crippen LogP contribution in [0.25, 0.3) is 0 Å². The van der Waals surface area contributed by atoms with Crippen molar-refractivity contribution in [3.8, 4) is 0 Å². The predicted octanol–water partition coefficient (Wildman–Crippen LogP) is 2.25. The maximum atomic E-state index is 4.63. The van der Waals surface area contributed by atoms with E-state index in [0.29, 0.717) is 18.0 Å². The van der Waals surface area contributed by atoms with Crippen molar-refractivity contribution in [2.75, 3.05) is 38.2 Å². The number of hydrogen-bond donors (Lipinski definition) is 2. The molecule has 1 heterocycles. The second kappa shape index (κ2) is 11.0. The largest absolute Gasteiger partial charge is 0.357 e. The summed E-state index contributed by atoms with van der Waals surface area (Å²) in [7, 11) is 0. The highest BCUT2D eigenvalue weighted by Gasteiger charge is 2.31. The highest BCUT2D eigenvalue weighted by Crippen LogP contribution is 2.18. The fourth-order valence-electron chi connectivity index (χ4n) is 2.36. The van der Waals surface area contributed by atoms with Crippen LogP contribution < -0.4 is 10.6 Å².